The second-order valence-electron chi connectivity index (χ2n) is 7.14. The molecule has 2 amide bonds. The number of amides is 2. The Balaban J connectivity index is 1.40. The Hall–Kier alpha value is -3.13. The van der Waals surface area contributed by atoms with Crippen LogP contribution in [0.15, 0.2) is 29.6 Å². The fraction of sp³-hybridized carbons (Fsp3) is 0.250. The summed E-state index contributed by atoms with van der Waals surface area (Å²) in [6.45, 7) is 5.33. The maximum atomic E-state index is 12.5. The maximum absolute atomic E-state index is 12.5. The highest BCUT2D eigenvalue weighted by atomic mass is 32.1. The van der Waals surface area contributed by atoms with Gasteiger partial charge in [0.2, 0.25) is 0 Å². The Bertz CT molecular complexity index is 1130. The predicted molar refractivity (Wildman–Crippen MR) is 111 cm³/mol. The van der Waals surface area contributed by atoms with E-state index in [1.807, 2.05) is 17.5 Å². The van der Waals surface area contributed by atoms with Gasteiger partial charge >= 0.3 is 6.03 Å². The lowest BCUT2D eigenvalue weighted by molar-refractivity contribution is 0.206. The first kappa shape index (κ1) is 17.0. The molecular weight excluding hydrogens is 372 g/mol. The van der Waals surface area contributed by atoms with Gasteiger partial charge in [0, 0.05) is 12.1 Å². The molecule has 0 aliphatic carbocycles. The zero-order valence-electron chi connectivity index (χ0n) is 15.7. The van der Waals surface area contributed by atoms with Gasteiger partial charge in [-0.05, 0) is 61.0 Å². The topological polar surface area (TPSA) is 89.7 Å². The Morgan fingerprint density at radius 2 is 2.14 bits per heavy atom. The van der Waals surface area contributed by atoms with Gasteiger partial charge in [0.1, 0.15) is 5.69 Å². The number of aromatic nitrogens is 4. The molecule has 8 heteroatoms. The zero-order valence-corrected chi connectivity index (χ0v) is 16.5. The molecule has 0 spiro atoms. The van der Waals surface area contributed by atoms with Crippen molar-refractivity contribution in [2.75, 3.05) is 11.9 Å². The molecule has 1 aliphatic rings. The number of benzene rings is 1. The van der Waals surface area contributed by atoms with Gasteiger partial charge in [0.05, 0.1) is 28.3 Å². The van der Waals surface area contributed by atoms with Gasteiger partial charge in [0.25, 0.3) is 0 Å². The molecule has 1 aromatic carbocycles. The molecule has 1 aliphatic heterocycles. The number of imidazole rings is 1. The van der Waals surface area contributed by atoms with Crippen molar-refractivity contribution in [3.05, 3.63) is 52.0 Å². The first-order valence-corrected chi connectivity index (χ1v) is 10.1. The lowest BCUT2D eigenvalue weighted by Gasteiger charge is -2.26. The van der Waals surface area contributed by atoms with Crippen LogP contribution in [0.5, 0.6) is 0 Å². The third-order valence-corrected chi connectivity index (χ3v) is 6.08. The van der Waals surface area contributed by atoms with E-state index in [2.05, 4.69) is 46.5 Å². The number of hydrogen-bond acceptors (Lipinski definition) is 4. The summed E-state index contributed by atoms with van der Waals surface area (Å²) < 4.78 is 0. The molecule has 0 saturated carbocycles. The number of H-pyrrole nitrogens is 2. The number of aromatic amines is 2. The molecule has 0 atom stereocenters. The quantitative estimate of drug-likeness (QED) is 0.477. The lowest BCUT2D eigenvalue weighted by Crippen LogP contribution is -2.38. The van der Waals surface area contributed by atoms with Crippen molar-refractivity contribution >= 4 is 33.4 Å². The highest BCUT2D eigenvalue weighted by Crippen LogP contribution is 2.29. The summed E-state index contributed by atoms with van der Waals surface area (Å²) in [5, 5.41) is 13.3. The summed E-state index contributed by atoms with van der Waals surface area (Å²) >= 11 is 1.51. The van der Waals surface area contributed by atoms with Gasteiger partial charge in [0.15, 0.2) is 5.82 Å². The van der Waals surface area contributed by atoms with E-state index in [1.165, 1.54) is 22.5 Å². The minimum Gasteiger partial charge on any atom is -0.337 e. The van der Waals surface area contributed by atoms with Crippen LogP contribution in [0.3, 0.4) is 0 Å². The predicted octanol–water partition coefficient (Wildman–Crippen LogP) is 4.22. The smallest absolute Gasteiger partial charge is 0.322 e. The zero-order chi connectivity index (χ0) is 19.3. The fourth-order valence-electron chi connectivity index (χ4n) is 3.60. The Morgan fingerprint density at radius 1 is 1.29 bits per heavy atom. The highest BCUT2D eigenvalue weighted by molar-refractivity contribution is 7.14. The molecule has 0 unspecified atom stereocenters. The first-order chi connectivity index (χ1) is 13.6. The molecule has 0 bridgehead atoms. The normalized spacial score (nSPS) is 13.7. The monoisotopic (exact) mass is 392 g/mol. The van der Waals surface area contributed by atoms with Crippen molar-refractivity contribution < 1.29 is 4.79 Å². The summed E-state index contributed by atoms with van der Waals surface area (Å²) in [6, 6.07) is 7.96. The minimum atomic E-state index is -0.0904. The number of anilines is 1. The number of nitrogens with one attached hydrogen (secondary N) is 3. The lowest BCUT2D eigenvalue weighted by atomic mass is 10.0. The van der Waals surface area contributed by atoms with Crippen molar-refractivity contribution in [1.82, 2.24) is 25.1 Å². The number of urea groups is 1. The first-order valence-electron chi connectivity index (χ1n) is 9.21. The number of nitrogens with zero attached hydrogens (tertiary/aromatic N) is 3. The van der Waals surface area contributed by atoms with Crippen LogP contribution >= 0.6 is 11.3 Å². The van der Waals surface area contributed by atoms with Crippen molar-refractivity contribution in [2.24, 2.45) is 0 Å². The van der Waals surface area contributed by atoms with Gasteiger partial charge in [-0.3, -0.25) is 10.4 Å². The molecule has 0 fully saturated rings. The fourth-order valence-corrected chi connectivity index (χ4v) is 4.21. The standard InChI is InChI=1S/C20H20N6OS/c1-11-8-14-15(9-12(11)2)22-19(21-14)18-13-5-6-26(10-16(13)24-25-18)20(27)23-17-4-3-7-28-17/h3-4,7-9H,5-6,10H2,1-2H3,(H,21,22)(H,23,27)(H,24,25). The van der Waals surface area contributed by atoms with Gasteiger partial charge < -0.3 is 9.88 Å². The third-order valence-electron chi connectivity index (χ3n) is 5.30. The minimum absolute atomic E-state index is 0.0904. The van der Waals surface area contributed by atoms with E-state index in [-0.39, 0.29) is 6.03 Å². The van der Waals surface area contributed by atoms with Gasteiger partial charge in [-0.2, -0.15) is 5.10 Å². The summed E-state index contributed by atoms with van der Waals surface area (Å²) in [7, 11) is 0. The molecule has 3 N–H and O–H groups in total. The molecule has 4 heterocycles. The summed E-state index contributed by atoms with van der Waals surface area (Å²) in [5.41, 5.74) is 7.39. The van der Waals surface area contributed by atoms with E-state index in [0.717, 1.165) is 45.2 Å². The second kappa shape index (κ2) is 6.49. The van der Waals surface area contributed by atoms with Crippen LogP contribution in [-0.2, 0) is 13.0 Å². The number of carbonyl (C=O) groups excluding carboxylic acids is 1. The van der Waals surface area contributed by atoms with Crippen molar-refractivity contribution in [3.63, 3.8) is 0 Å². The number of thiophene rings is 1. The van der Waals surface area contributed by atoms with E-state index in [4.69, 9.17) is 4.98 Å². The molecule has 3 aromatic heterocycles. The Kier molecular flexibility index (Phi) is 3.94. The van der Waals surface area contributed by atoms with Gasteiger partial charge in [-0.15, -0.1) is 11.3 Å². The number of rotatable bonds is 2. The van der Waals surface area contributed by atoms with E-state index in [9.17, 15) is 4.79 Å². The molecule has 5 rings (SSSR count). The Labute approximate surface area is 165 Å². The Morgan fingerprint density at radius 3 is 2.96 bits per heavy atom. The average molecular weight is 392 g/mol. The number of hydrogen-bond donors (Lipinski definition) is 3. The van der Waals surface area contributed by atoms with Crippen LogP contribution in [0.2, 0.25) is 0 Å². The molecule has 142 valence electrons. The van der Waals surface area contributed by atoms with Crippen LogP contribution in [0.1, 0.15) is 22.4 Å². The third kappa shape index (κ3) is 2.86. The van der Waals surface area contributed by atoms with Crippen molar-refractivity contribution in [2.45, 2.75) is 26.8 Å². The van der Waals surface area contributed by atoms with Crippen molar-refractivity contribution in [3.8, 4) is 11.5 Å². The van der Waals surface area contributed by atoms with E-state index >= 15 is 0 Å². The number of carbonyl (C=O) groups is 1. The molecule has 7 nitrogen and oxygen atoms in total. The molecule has 4 aromatic rings. The molecule has 0 radical (unpaired) electrons. The van der Waals surface area contributed by atoms with Gasteiger partial charge in [-0.1, -0.05) is 0 Å². The van der Waals surface area contributed by atoms with Gasteiger partial charge in [-0.25, -0.2) is 9.78 Å². The van der Waals surface area contributed by atoms with Crippen molar-refractivity contribution in [1.29, 1.82) is 0 Å². The number of fused-ring (bicyclic) bond motifs is 2. The van der Waals surface area contributed by atoms with E-state index in [1.54, 1.807) is 4.90 Å². The largest absolute Gasteiger partial charge is 0.337 e. The van der Waals surface area contributed by atoms with Crippen LogP contribution < -0.4 is 5.32 Å². The van der Waals surface area contributed by atoms with Crippen LogP contribution in [0.25, 0.3) is 22.6 Å². The second-order valence-corrected chi connectivity index (χ2v) is 8.09. The summed E-state index contributed by atoms with van der Waals surface area (Å²) in [4.78, 5) is 22.4. The highest BCUT2D eigenvalue weighted by Gasteiger charge is 2.26. The van der Waals surface area contributed by atoms with E-state index in [0.29, 0.717) is 13.1 Å². The van der Waals surface area contributed by atoms with E-state index < -0.39 is 0 Å². The summed E-state index contributed by atoms with van der Waals surface area (Å²) in [5.74, 6) is 0.797. The number of aryl methyl sites for hydroxylation is 2. The van der Waals surface area contributed by atoms with Crippen LogP contribution in [0.4, 0.5) is 9.80 Å². The SMILES string of the molecule is Cc1cc2nc(-c3[nH]nc4c3CCN(C(=O)Nc3cccs3)C4)[nH]c2cc1C. The maximum Gasteiger partial charge on any atom is 0.322 e. The molecular formula is C20H20N6OS. The molecule has 0 saturated heterocycles. The van der Waals surface area contributed by atoms with Crippen LogP contribution in [-0.4, -0.2) is 37.6 Å². The summed E-state index contributed by atoms with van der Waals surface area (Å²) in [6.07, 6.45) is 0.744. The van der Waals surface area contributed by atoms with Crippen LogP contribution in [0, 0.1) is 13.8 Å². The average Bonchev–Trinajstić information content (AvgIpc) is 3.40. The molecule has 28 heavy (non-hydrogen) atoms.